The number of hydrogen-bond donors (Lipinski definition) is 4. The highest BCUT2D eigenvalue weighted by atomic mass is 35.5. The number of aromatic nitrogens is 10. The number of carbonyl (C=O) groups excluding carboxylic acids is 2. The number of nitrogens with zero attached hydrogens (tertiary/aromatic N) is 10. The summed E-state index contributed by atoms with van der Waals surface area (Å²) in [6.45, 7) is -1.41. The second-order valence-corrected chi connectivity index (χ2v) is 11.5. The van der Waals surface area contributed by atoms with Crippen LogP contribution in [0.2, 0.25) is 15.3 Å². The molecule has 0 aliphatic carbocycles. The van der Waals surface area contributed by atoms with Gasteiger partial charge in [0.1, 0.15) is 12.7 Å². The van der Waals surface area contributed by atoms with Gasteiger partial charge in [0.25, 0.3) is 11.8 Å². The molecule has 0 aliphatic heterocycles. The maximum Gasteiger partial charge on any atom is 0.273 e. The third-order valence-electron chi connectivity index (χ3n) is 6.80. The van der Waals surface area contributed by atoms with Gasteiger partial charge in [-0.3, -0.25) is 19.0 Å². The van der Waals surface area contributed by atoms with Crippen molar-refractivity contribution in [3.8, 4) is 22.8 Å². The normalized spacial score (nSPS) is 12.5. The first kappa shape index (κ1) is 30.1. The van der Waals surface area contributed by atoms with Gasteiger partial charge in [0.15, 0.2) is 33.3 Å². The zero-order valence-electron chi connectivity index (χ0n) is 33.3. The average molecular weight is 758 g/mol. The minimum atomic E-state index is -2.66. The summed E-state index contributed by atoms with van der Waals surface area (Å²) in [6, 6.07) is 13.8. The van der Waals surface area contributed by atoms with Crippen molar-refractivity contribution in [3.63, 3.8) is 0 Å². The number of halogens is 3. The van der Waals surface area contributed by atoms with Crippen LogP contribution >= 0.6 is 34.8 Å². The Morgan fingerprint density at radius 2 is 1.25 bits per heavy atom. The predicted octanol–water partition coefficient (Wildman–Crippen LogP) is 4.85. The summed E-state index contributed by atoms with van der Waals surface area (Å²) in [6.07, 6.45) is 3.27. The predicted molar refractivity (Wildman–Crippen MR) is 196 cm³/mol. The lowest BCUT2D eigenvalue weighted by atomic mass is 10.1. The first-order valence-electron chi connectivity index (χ1n) is 17.4. The molecule has 264 valence electrons. The number of anilines is 3. The fourth-order valence-electron chi connectivity index (χ4n) is 4.23. The number of amides is 2. The van der Waals surface area contributed by atoms with Crippen LogP contribution in [0.15, 0.2) is 61.2 Å². The van der Waals surface area contributed by atoms with Crippen LogP contribution in [0.5, 0.6) is 0 Å². The first-order chi connectivity index (χ1) is 26.6. The summed E-state index contributed by atoms with van der Waals surface area (Å²) in [4.78, 5) is 32.0. The van der Waals surface area contributed by atoms with Gasteiger partial charge >= 0.3 is 0 Å². The monoisotopic (exact) mass is 756 g/mol. The van der Waals surface area contributed by atoms with Gasteiger partial charge in [-0.15, -0.1) is 20.4 Å². The Labute approximate surface area is 316 Å². The number of nitrogen functional groups attached to an aromatic ring is 1. The fraction of sp³-hybridized carbons (Fsp3) is 0.188. The van der Waals surface area contributed by atoms with E-state index in [0.717, 1.165) is 33.8 Å². The zero-order chi connectivity index (χ0) is 42.2. The van der Waals surface area contributed by atoms with E-state index in [4.69, 9.17) is 48.8 Å². The minimum absolute atomic E-state index is 0.0189. The average Bonchev–Trinajstić information content (AvgIpc) is 3.73. The second kappa shape index (κ2) is 17.3. The SMILES string of the molecule is Cc1c(N)cccc1-c1ncn(C)n1.[2H]C([2H])([2H])NC(=O)c1nnc(Cl)cc1Cl.[2H]C([2H])([2H])NC(=O)c1nnc(Cl)cc1Nc1cccc(-c2ncn(C)n2)c1C. The highest BCUT2D eigenvalue weighted by Crippen LogP contribution is 2.30. The van der Waals surface area contributed by atoms with Crippen molar-refractivity contribution in [1.82, 2.24) is 60.6 Å². The molecule has 0 atom stereocenters. The molecule has 51 heavy (non-hydrogen) atoms. The molecule has 0 saturated carbocycles. The van der Waals surface area contributed by atoms with Crippen LogP contribution in [-0.2, 0) is 14.1 Å². The standard InChI is InChI=1S/C16H16ClN7O.C10H12N4.C6H5Cl2N3O/c1-9-10(15-19-8-24(3)23-15)5-4-6-11(9)20-12-7-13(17)21-22-14(12)16(25)18-2;1-7-8(4-3-5-9(7)11)10-12-6-14(2)13-10;1-9-6(12)5-3(7)2-4(8)10-11-5/h4-8H,1-3H3,(H,18,25)(H,20,21);3-6H,11H2,1-2H3;2H,1H3,(H,9,12)/i2D3;;1D3. The van der Waals surface area contributed by atoms with E-state index in [-0.39, 0.29) is 32.4 Å². The molecule has 0 aliphatic rings. The molecule has 16 nitrogen and oxygen atoms in total. The number of nitrogens with two attached hydrogens (primary N) is 1. The molecule has 2 amide bonds. The van der Waals surface area contributed by atoms with Crippen LogP contribution in [0.4, 0.5) is 17.1 Å². The van der Waals surface area contributed by atoms with E-state index in [1.807, 2.05) is 50.5 Å². The third kappa shape index (κ3) is 9.72. The summed E-state index contributed by atoms with van der Waals surface area (Å²) in [7, 11) is 3.62. The Bertz CT molecular complexity index is 2390. The summed E-state index contributed by atoms with van der Waals surface area (Å²) in [5, 5.41) is 29.4. The molecule has 6 aromatic rings. The van der Waals surface area contributed by atoms with Crippen molar-refractivity contribution in [2.75, 3.05) is 25.0 Å². The summed E-state index contributed by atoms with van der Waals surface area (Å²) in [5.74, 6) is -0.553. The van der Waals surface area contributed by atoms with Gasteiger partial charge in [0, 0.05) is 64.8 Å². The van der Waals surface area contributed by atoms with Crippen LogP contribution in [0.25, 0.3) is 22.8 Å². The molecule has 6 rings (SSSR count). The third-order valence-corrected chi connectivity index (χ3v) is 7.46. The van der Waals surface area contributed by atoms with Crippen molar-refractivity contribution in [3.05, 3.63) is 99.0 Å². The van der Waals surface area contributed by atoms with E-state index in [1.54, 1.807) is 46.5 Å². The minimum Gasteiger partial charge on any atom is -0.398 e. The molecular weight excluding hydrogens is 719 g/mol. The Balaban J connectivity index is 0.000000209. The molecule has 0 unspecified atom stereocenters. The lowest BCUT2D eigenvalue weighted by Crippen LogP contribution is -2.21. The summed E-state index contributed by atoms with van der Waals surface area (Å²) >= 11 is 17.0. The second-order valence-electron chi connectivity index (χ2n) is 10.3. The molecular formula is C32H33Cl3N14O2. The van der Waals surface area contributed by atoms with E-state index >= 15 is 0 Å². The lowest BCUT2D eigenvalue weighted by molar-refractivity contribution is 0.0949. The van der Waals surface area contributed by atoms with Gasteiger partial charge in [0.2, 0.25) is 0 Å². The van der Waals surface area contributed by atoms with Gasteiger partial charge in [-0.05, 0) is 43.2 Å². The van der Waals surface area contributed by atoms with Gasteiger partial charge in [0.05, 0.1) is 10.7 Å². The summed E-state index contributed by atoms with van der Waals surface area (Å²) in [5.41, 5.74) is 10.6. The molecule has 19 heteroatoms. The Morgan fingerprint density at radius 1 is 0.725 bits per heavy atom. The maximum absolute atomic E-state index is 12.3. The van der Waals surface area contributed by atoms with Crippen molar-refractivity contribution in [1.29, 1.82) is 0 Å². The Hall–Kier alpha value is -5.71. The van der Waals surface area contributed by atoms with Crippen LogP contribution in [0.1, 0.15) is 40.3 Å². The smallest absolute Gasteiger partial charge is 0.273 e. The molecule has 2 aromatic carbocycles. The molecule has 0 bridgehead atoms. The van der Waals surface area contributed by atoms with Crippen LogP contribution < -0.4 is 21.7 Å². The molecule has 4 aromatic heterocycles. The largest absolute Gasteiger partial charge is 0.398 e. The van der Waals surface area contributed by atoms with Crippen molar-refractivity contribution in [2.45, 2.75) is 13.8 Å². The van der Waals surface area contributed by atoms with Crippen LogP contribution in [0.3, 0.4) is 0 Å². The van der Waals surface area contributed by atoms with Crippen molar-refractivity contribution >= 4 is 63.7 Å². The number of benzene rings is 2. The highest BCUT2D eigenvalue weighted by Gasteiger charge is 2.17. The van der Waals surface area contributed by atoms with E-state index in [0.29, 0.717) is 11.5 Å². The van der Waals surface area contributed by atoms with Gasteiger partial charge < -0.3 is 21.7 Å². The van der Waals surface area contributed by atoms with Crippen LogP contribution in [0, 0.1) is 13.8 Å². The van der Waals surface area contributed by atoms with Crippen LogP contribution in [-0.4, -0.2) is 75.7 Å². The summed E-state index contributed by atoms with van der Waals surface area (Å²) < 4.78 is 45.3. The van der Waals surface area contributed by atoms with Gasteiger partial charge in [-0.1, -0.05) is 59.1 Å². The maximum atomic E-state index is 12.3. The molecule has 4 heterocycles. The molecule has 0 spiro atoms. The molecule has 0 fully saturated rings. The van der Waals surface area contributed by atoms with E-state index < -0.39 is 25.8 Å². The van der Waals surface area contributed by atoms with Crippen molar-refractivity contribution < 1.29 is 17.8 Å². The number of rotatable bonds is 6. The Kier molecular flexibility index (Phi) is 10.2. The molecule has 5 N–H and O–H groups in total. The van der Waals surface area contributed by atoms with Crippen molar-refractivity contribution in [2.24, 2.45) is 14.1 Å². The molecule has 0 saturated heterocycles. The fourth-order valence-corrected chi connectivity index (χ4v) is 4.81. The topological polar surface area (TPSA) is 209 Å². The lowest BCUT2D eigenvalue weighted by Gasteiger charge is -2.14. The van der Waals surface area contributed by atoms with Gasteiger partial charge in [-0.2, -0.15) is 10.2 Å². The first-order valence-corrected chi connectivity index (χ1v) is 15.6. The van der Waals surface area contributed by atoms with E-state index in [9.17, 15) is 9.59 Å². The number of hydrogen-bond acceptors (Lipinski definition) is 12. The number of aryl methyl sites for hydroxylation is 2. The quantitative estimate of drug-likeness (QED) is 0.168. The molecule has 0 radical (unpaired) electrons. The van der Waals surface area contributed by atoms with E-state index in [1.165, 1.54) is 12.1 Å². The number of nitrogens with one attached hydrogen (secondary N) is 3. The van der Waals surface area contributed by atoms with Gasteiger partial charge in [-0.25, -0.2) is 9.97 Å². The van der Waals surface area contributed by atoms with E-state index in [2.05, 4.69) is 45.9 Å². The highest BCUT2D eigenvalue weighted by molar-refractivity contribution is 6.35. The Morgan fingerprint density at radius 3 is 1.80 bits per heavy atom. The number of carbonyl (C=O) groups is 2. The zero-order valence-corrected chi connectivity index (χ0v) is 29.5.